The summed E-state index contributed by atoms with van der Waals surface area (Å²) >= 11 is 0. The van der Waals surface area contributed by atoms with Crippen LogP contribution in [0.3, 0.4) is 0 Å². The van der Waals surface area contributed by atoms with E-state index in [1.165, 1.54) is 10.6 Å². The molecule has 35 heavy (non-hydrogen) atoms. The number of hydrogen-bond acceptors (Lipinski definition) is 9. The van der Waals surface area contributed by atoms with Gasteiger partial charge in [0.2, 0.25) is 11.9 Å². The highest BCUT2D eigenvalue weighted by molar-refractivity contribution is 5.61. The summed E-state index contributed by atoms with van der Waals surface area (Å²) in [5, 5.41) is 17.7. The maximum Gasteiger partial charge on any atom is 0.228 e. The molecule has 5 rings (SSSR count). The molecular formula is C24H29FN8O2. The van der Waals surface area contributed by atoms with E-state index in [0.717, 1.165) is 32.7 Å². The molecule has 184 valence electrons. The summed E-state index contributed by atoms with van der Waals surface area (Å²) in [7, 11) is 0. The molecular weight excluding hydrogens is 451 g/mol. The van der Waals surface area contributed by atoms with Crippen LogP contribution >= 0.6 is 0 Å². The van der Waals surface area contributed by atoms with Crippen molar-refractivity contribution in [1.29, 1.82) is 0 Å². The molecule has 0 atom stereocenters. The van der Waals surface area contributed by atoms with Crippen LogP contribution < -0.4 is 16.0 Å². The van der Waals surface area contributed by atoms with E-state index in [1.807, 2.05) is 11.0 Å². The quantitative estimate of drug-likeness (QED) is 0.366. The van der Waals surface area contributed by atoms with Crippen molar-refractivity contribution in [1.82, 2.24) is 24.5 Å². The maximum atomic E-state index is 14.7. The summed E-state index contributed by atoms with van der Waals surface area (Å²) in [4.78, 5) is 13.2. The van der Waals surface area contributed by atoms with Gasteiger partial charge in [0.15, 0.2) is 11.4 Å². The van der Waals surface area contributed by atoms with E-state index in [1.54, 1.807) is 44.4 Å². The van der Waals surface area contributed by atoms with E-state index in [9.17, 15) is 9.50 Å². The van der Waals surface area contributed by atoms with Crippen LogP contribution in [0.25, 0.3) is 17.1 Å². The molecule has 4 aromatic rings. The lowest BCUT2D eigenvalue weighted by atomic mass is 9.98. The Hall–Kier alpha value is -3.70. The zero-order chi connectivity index (χ0) is 24.6. The van der Waals surface area contributed by atoms with Gasteiger partial charge in [0, 0.05) is 45.3 Å². The van der Waals surface area contributed by atoms with E-state index in [0.29, 0.717) is 40.8 Å². The normalized spacial score (nSPS) is 15.1. The fourth-order valence-corrected chi connectivity index (χ4v) is 4.21. The predicted octanol–water partition coefficient (Wildman–Crippen LogP) is 2.57. The van der Waals surface area contributed by atoms with Crippen molar-refractivity contribution in [2.45, 2.75) is 19.4 Å². The number of nitrogens with one attached hydrogen (secondary N) is 1. The second-order valence-electron chi connectivity index (χ2n) is 9.16. The number of fused-ring (bicyclic) bond motifs is 1. The van der Waals surface area contributed by atoms with Crippen LogP contribution in [0.2, 0.25) is 0 Å². The minimum absolute atomic E-state index is 0.238. The number of piperazine rings is 1. The molecule has 0 aliphatic carbocycles. The number of nitrogen functional groups attached to an aromatic ring is 1. The monoisotopic (exact) mass is 480 g/mol. The Kier molecular flexibility index (Phi) is 6.03. The third-order valence-electron chi connectivity index (χ3n) is 6.20. The van der Waals surface area contributed by atoms with E-state index in [-0.39, 0.29) is 11.8 Å². The summed E-state index contributed by atoms with van der Waals surface area (Å²) in [6.07, 6.45) is 1.59. The molecule has 11 heteroatoms. The average Bonchev–Trinajstić information content (AvgIpc) is 3.49. The molecule has 0 bridgehead atoms. The van der Waals surface area contributed by atoms with Gasteiger partial charge in [-0.3, -0.25) is 4.90 Å². The van der Waals surface area contributed by atoms with Crippen molar-refractivity contribution in [3.8, 4) is 11.5 Å². The van der Waals surface area contributed by atoms with Gasteiger partial charge in [0.1, 0.15) is 11.5 Å². The van der Waals surface area contributed by atoms with E-state index >= 15 is 0 Å². The van der Waals surface area contributed by atoms with Crippen molar-refractivity contribution in [2.24, 2.45) is 0 Å². The van der Waals surface area contributed by atoms with Crippen LogP contribution in [-0.4, -0.2) is 68.9 Å². The van der Waals surface area contributed by atoms with Gasteiger partial charge in [0.25, 0.3) is 0 Å². The predicted molar refractivity (Wildman–Crippen MR) is 132 cm³/mol. The summed E-state index contributed by atoms with van der Waals surface area (Å²) in [5.41, 5.74) is 7.36. The van der Waals surface area contributed by atoms with Gasteiger partial charge >= 0.3 is 0 Å². The Morgan fingerprint density at radius 1 is 1.14 bits per heavy atom. The number of nitrogens with zero attached hydrogens (tertiary/aromatic N) is 6. The van der Waals surface area contributed by atoms with Crippen LogP contribution in [0.5, 0.6) is 0 Å². The number of anilines is 3. The van der Waals surface area contributed by atoms with Crippen LogP contribution in [0, 0.1) is 5.82 Å². The van der Waals surface area contributed by atoms with Crippen LogP contribution in [-0.2, 0) is 5.60 Å². The highest BCUT2D eigenvalue weighted by Crippen LogP contribution is 2.27. The molecule has 1 aliphatic heterocycles. The van der Waals surface area contributed by atoms with Crippen LogP contribution in [0.15, 0.2) is 47.1 Å². The number of halogens is 1. The Labute approximate surface area is 202 Å². The topological polar surface area (TPSA) is 121 Å². The molecule has 0 radical (unpaired) electrons. The minimum atomic E-state index is -1.07. The second-order valence-corrected chi connectivity index (χ2v) is 9.16. The van der Waals surface area contributed by atoms with Gasteiger partial charge < -0.3 is 25.5 Å². The summed E-state index contributed by atoms with van der Waals surface area (Å²) in [6, 6.07) is 10.4. The summed E-state index contributed by atoms with van der Waals surface area (Å²) in [5.74, 6) is 1.01. The molecule has 3 aromatic heterocycles. The van der Waals surface area contributed by atoms with Gasteiger partial charge in [0.05, 0.1) is 17.6 Å². The minimum Gasteiger partial charge on any atom is -0.463 e. The average molecular weight is 481 g/mol. The fraction of sp³-hybridized carbons (Fsp3) is 0.375. The number of hydrogen-bond donors (Lipinski definition) is 3. The van der Waals surface area contributed by atoms with Crippen molar-refractivity contribution >= 4 is 23.2 Å². The molecule has 1 saturated heterocycles. The molecule has 0 amide bonds. The summed E-state index contributed by atoms with van der Waals surface area (Å²) in [6.45, 7) is 7.80. The first-order valence-electron chi connectivity index (χ1n) is 11.6. The number of aliphatic hydroxyl groups is 1. The SMILES string of the molecule is CC(C)(O)c1ccc(N2CCN(CCNc3nc(N)n4nc(-c5ccco5)cc4n3)CC2)c(F)c1. The number of rotatable bonds is 7. The lowest BCUT2D eigenvalue weighted by Gasteiger charge is -2.36. The maximum absolute atomic E-state index is 14.7. The van der Waals surface area contributed by atoms with Crippen LogP contribution in [0.1, 0.15) is 19.4 Å². The smallest absolute Gasteiger partial charge is 0.228 e. The Morgan fingerprint density at radius 3 is 2.63 bits per heavy atom. The van der Waals surface area contributed by atoms with E-state index in [2.05, 4.69) is 25.3 Å². The standard InChI is InChI=1S/C24H29FN8O2/c1-24(2,34)16-5-6-19(17(25)14-16)32-11-9-31(10-12-32)8-7-27-23-28-21-15-18(20-4-3-13-35-20)30-33(21)22(26)29-23/h3-6,13-15,34H,7-12H2,1-2H3,(H3,26,27,28,29). The molecule has 4 N–H and O–H groups in total. The van der Waals surface area contributed by atoms with Crippen molar-refractivity contribution in [2.75, 3.05) is 55.2 Å². The zero-order valence-electron chi connectivity index (χ0n) is 19.8. The number of aromatic nitrogens is 4. The molecule has 0 saturated carbocycles. The lowest BCUT2D eigenvalue weighted by Crippen LogP contribution is -2.48. The molecule has 1 fully saturated rings. The Morgan fingerprint density at radius 2 is 1.94 bits per heavy atom. The fourth-order valence-electron chi connectivity index (χ4n) is 4.21. The largest absolute Gasteiger partial charge is 0.463 e. The number of furan rings is 1. The molecule has 4 heterocycles. The number of nitrogens with two attached hydrogens (primary N) is 1. The zero-order valence-corrected chi connectivity index (χ0v) is 19.8. The van der Waals surface area contributed by atoms with Gasteiger partial charge in [-0.15, -0.1) is 0 Å². The van der Waals surface area contributed by atoms with E-state index < -0.39 is 5.60 Å². The number of benzene rings is 1. The first kappa shape index (κ1) is 23.1. The van der Waals surface area contributed by atoms with E-state index in [4.69, 9.17) is 10.2 Å². The first-order valence-corrected chi connectivity index (χ1v) is 11.6. The molecule has 1 aliphatic rings. The van der Waals surface area contributed by atoms with Gasteiger partial charge in [-0.2, -0.15) is 19.6 Å². The molecule has 0 spiro atoms. The highest BCUT2D eigenvalue weighted by Gasteiger charge is 2.22. The third kappa shape index (κ3) is 4.91. The molecule has 1 aromatic carbocycles. The van der Waals surface area contributed by atoms with Crippen LogP contribution in [0.4, 0.5) is 22.0 Å². The highest BCUT2D eigenvalue weighted by atomic mass is 19.1. The second kappa shape index (κ2) is 9.16. The van der Waals surface area contributed by atoms with Gasteiger partial charge in [-0.05, 0) is 43.7 Å². The summed E-state index contributed by atoms with van der Waals surface area (Å²) < 4.78 is 21.5. The van der Waals surface area contributed by atoms with Crippen molar-refractivity contribution in [3.63, 3.8) is 0 Å². The third-order valence-corrected chi connectivity index (χ3v) is 6.20. The molecule has 0 unspecified atom stereocenters. The van der Waals surface area contributed by atoms with Gasteiger partial charge in [-0.1, -0.05) is 6.07 Å². The first-order chi connectivity index (χ1) is 16.8. The van der Waals surface area contributed by atoms with Crippen molar-refractivity contribution in [3.05, 3.63) is 54.0 Å². The molecule has 10 nitrogen and oxygen atoms in total. The Bertz CT molecular complexity index is 1310. The van der Waals surface area contributed by atoms with Gasteiger partial charge in [-0.25, -0.2) is 4.39 Å². The van der Waals surface area contributed by atoms with Crippen molar-refractivity contribution < 1.29 is 13.9 Å². The Balaban J connectivity index is 1.15. The lowest BCUT2D eigenvalue weighted by molar-refractivity contribution is 0.0782.